The molecular formula is C15H26N4O3. The van der Waals surface area contributed by atoms with Gasteiger partial charge in [-0.1, -0.05) is 6.92 Å². The summed E-state index contributed by atoms with van der Waals surface area (Å²) in [4.78, 5) is 20.0. The molecule has 1 amide bonds. The van der Waals surface area contributed by atoms with Gasteiger partial charge in [-0.3, -0.25) is 0 Å². The number of carbonyl (C=O) groups is 1. The van der Waals surface area contributed by atoms with Crippen LogP contribution in [0, 0.1) is 6.92 Å². The summed E-state index contributed by atoms with van der Waals surface area (Å²) in [6, 6.07) is 1.79. The number of amides is 1. The van der Waals surface area contributed by atoms with Crippen molar-refractivity contribution in [3.05, 3.63) is 11.8 Å². The second-order valence-corrected chi connectivity index (χ2v) is 5.88. The average Bonchev–Trinajstić information content (AvgIpc) is 2.39. The number of alkyl carbamates (subject to hydrolysis) is 1. The largest absolute Gasteiger partial charge is 0.478 e. The van der Waals surface area contributed by atoms with Crippen molar-refractivity contribution in [2.75, 3.05) is 25.0 Å². The highest BCUT2D eigenvalue weighted by atomic mass is 16.6. The van der Waals surface area contributed by atoms with E-state index in [4.69, 9.17) is 9.47 Å². The Balaban J connectivity index is 2.38. The quantitative estimate of drug-likeness (QED) is 0.753. The number of carbonyl (C=O) groups excluding carboxylic acids is 1. The van der Waals surface area contributed by atoms with E-state index >= 15 is 0 Å². The summed E-state index contributed by atoms with van der Waals surface area (Å²) < 4.78 is 10.6. The Morgan fingerprint density at radius 3 is 2.64 bits per heavy atom. The molecule has 0 saturated heterocycles. The Bertz CT molecular complexity index is 486. The highest BCUT2D eigenvalue weighted by molar-refractivity contribution is 5.67. The summed E-state index contributed by atoms with van der Waals surface area (Å²) in [7, 11) is 0. The molecule has 0 aliphatic heterocycles. The van der Waals surface area contributed by atoms with E-state index in [9.17, 15) is 4.79 Å². The minimum absolute atomic E-state index is 0.414. The van der Waals surface area contributed by atoms with E-state index in [-0.39, 0.29) is 0 Å². The number of hydrogen-bond acceptors (Lipinski definition) is 6. The van der Waals surface area contributed by atoms with Gasteiger partial charge in [-0.15, -0.1) is 0 Å². The molecule has 0 radical (unpaired) electrons. The number of ether oxygens (including phenoxy) is 2. The molecule has 1 aromatic rings. The summed E-state index contributed by atoms with van der Waals surface area (Å²) in [5.74, 6) is 1.04. The fourth-order valence-electron chi connectivity index (χ4n) is 1.55. The number of nitrogens with one attached hydrogen (secondary N) is 2. The van der Waals surface area contributed by atoms with Gasteiger partial charge in [0, 0.05) is 24.8 Å². The van der Waals surface area contributed by atoms with Crippen LogP contribution in [0.2, 0.25) is 0 Å². The first-order valence-corrected chi connectivity index (χ1v) is 7.49. The first kappa shape index (κ1) is 18.0. The maximum Gasteiger partial charge on any atom is 0.407 e. The van der Waals surface area contributed by atoms with E-state index in [2.05, 4.69) is 20.6 Å². The third-order valence-electron chi connectivity index (χ3n) is 2.36. The van der Waals surface area contributed by atoms with Crippen molar-refractivity contribution in [1.82, 2.24) is 15.3 Å². The predicted octanol–water partition coefficient (Wildman–Crippen LogP) is 2.51. The van der Waals surface area contributed by atoms with Crippen molar-refractivity contribution < 1.29 is 14.3 Å². The van der Waals surface area contributed by atoms with Crippen LogP contribution in [0.5, 0.6) is 5.88 Å². The number of rotatable bonds is 7. The Hall–Kier alpha value is -2.05. The second kappa shape index (κ2) is 8.41. The van der Waals surface area contributed by atoms with Crippen LogP contribution in [0.4, 0.5) is 10.7 Å². The molecule has 1 aromatic heterocycles. The maximum atomic E-state index is 11.5. The van der Waals surface area contributed by atoms with E-state index < -0.39 is 11.7 Å². The van der Waals surface area contributed by atoms with Gasteiger partial charge < -0.3 is 20.1 Å². The molecule has 1 rings (SSSR count). The molecule has 2 N–H and O–H groups in total. The number of anilines is 1. The summed E-state index contributed by atoms with van der Waals surface area (Å²) in [5, 5.41) is 5.71. The van der Waals surface area contributed by atoms with Crippen molar-refractivity contribution in [3.63, 3.8) is 0 Å². The molecular weight excluding hydrogens is 284 g/mol. The third kappa shape index (κ3) is 7.66. The number of hydrogen-bond donors (Lipinski definition) is 2. The summed E-state index contributed by atoms with van der Waals surface area (Å²) >= 11 is 0. The highest BCUT2D eigenvalue weighted by Gasteiger charge is 2.15. The Kier molecular flexibility index (Phi) is 6.88. The topological polar surface area (TPSA) is 85.4 Å². The molecule has 0 unspecified atom stereocenters. The van der Waals surface area contributed by atoms with Gasteiger partial charge >= 0.3 is 6.09 Å². The fourth-order valence-corrected chi connectivity index (χ4v) is 1.55. The van der Waals surface area contributed by atoms with Crippen LogP contribution >= 0.6 is 0 Å². The smallest absolute Gasteiger partial charge is 0.407 e. The standard InChI is InChI=1S/C15H26N4O3/c1-6-9-21-12-10-11(2)18-13(19-12)16-7-8-17-14(20)22-15(3,4)5/h10H,6-9H2,1-5H3,(H,17,20)(H,16,18,19). The monoisotopic (exact) mass is 310 g/mol. The molecule has 22 heavy (non-hydrogen) atoms. The van der Waals surface area contributed by atoms with E-state index in [1.54, 1.807) is 6.07 Å². The average molecular weight is 310 g/mol. The maximum absolute atomic E-state index is 11.5. The summed E-state index contributed by atoms with van der Waals surface area (Å²) in [6.07, 6.45) is 0.484. The number of nitrogens with zero attached hydrogens (tertiary/aromatic N) is 2. The molecule has 0 saturated carbocycles. The van der Waals surface area contributed by atoms with E-state index in [0.717, 1.165) is 12.1 Å². The lowest BCUT2D eigenvalue weighted by Crippen LogP contribution is -2.35. The fraction of sp³-hybridized carbons (Fsp3) is 0.667. The van der Waals surface area contributed by atoms with Crippen LogP contribution in [0.1, 0.15) is 39.8 Å². The van der Waals surface area contributed by atoms with E-state index in [1.165, 1.54) is 0 Å². The minimum atomic E-state index is -0.497. The number of aryl methyl sites for hydroxylation is 1. The minimum Gasteiger partial charge on any atom is -0.478 e. The molecule has 124 valence electrons. The normalized spacial score (nSPS) is 11.0. The van der Waals surface area contributed by atoms with Gasteiger partial charge in [0.15, 0.2) is 0 Å². The van der Waals surface area contributed by atoms with Crippen LogP contribution in [0.25, 0.3) is 0 Å². The van der Waals surface area contributed by atoms with Crippen LogP contribution in [0.15, 0.2) is 6.07 Å². The van der Waals surface area contributed by atoms with Gasteiger partial charge in [-0.05, 0) is 34.1 Å². The molecule has 1 heterocycles. The van der Waals surface area contributed by atoms with Gasteiger partial charge in [0.25, 0.3) is 0 Å². The SMILES string of the molecule is CCCOc1cc(C)nc(NCCNC(=O)OC(C)(C)C)n1. The van der Waals surface area contributed by atoms with Crippen molar-refractivity contribution in [1.29, 1.82) is 0 Å². The van der Waals surface area contributed by atoms with Crippen molar-refractivity contribution in [2.24, 2.45) is 0 Å². The summed E-state index contributed by atoms with van der Waals surface area (Å²) in [6.45, 7) is 10.9. The van der Waals surface area contributed by atoms with Crippen LogP contribution in [-0.2, 0) is 4.74 Å². The molecule has 0 spiro atoms. The lowest BCUT2D eigenvalue weighted by molar-refractivity contribution is 0.0530. The summed E-state index contributed by atoms with van der Waals surface area (Å²) in [5.41, 5.74) is 0.326. The third-order valence-corrected chi connectivity index (χ3v) is 2.36. The van der Waals surface area contributed by atoms with E-state index in [1.807, 2.05) is 34.6 Å². The van der Waals surface area contributed by atoms with Crippen molar-refractivity contribution in [2.45, 2.75) is 46.6 Å². The molecule has 0 bridgehead atoms. The van der Waals surface area contributed by atoms with E-state index in [0.29, 0.717) is 31.5 Å². The predicted molar refractivity (Wildman–Crippen MR) is 85.3 cm³/mol. The first-order valence-electron chi connectivity index (χ1n) is 7.49. The lowest BCUT2D eigenvalue weighted by atomic mass is 10.2. The molecule has 0 aliphatic carbocycles. The first-order chi connectivity index (χ1) is 10.3. The zero-order valence-electron chi connectivity index (χ0n) is 14.0. The molecule has 7 heteroatoms. The zero-order valence-corrected chi connectivity index (χ0v) is 14.0. The second-order valence-electron chi connectivity index (χ2n) is 5.88. The van der Waals surface area contributed by atoms with Gasteiger partial charge in [0.2, 0.25) is 11.8 Å². The highest BCUT2D eigenvalue weighted by Crippen LogP contribution is 2.12. The van der Waals surface area contributed by atoms with Crippen LogP contribution < -0.4 is 15.4 Å². The van der Waals surface area contributed by atoms with Gasteiger partial charge in [0.05, 0.1) is 6.61 Å². The molecule has 0 atom stereocenters. The van der Waals surface area contributed by atoms with Gasteiger partial charge in [0.1, 0.15) is 5.60 Å². The van der Waals surface area contributed by atoms with Gasteiger partial charge in [-0.2, -0.15) is 4.98 Å². The van der Waals surface area contributed by atoms with Gasteiger partial charge in [-0.25, -0.2) is 9.78 Å². The molecule has 0 aromatic carbocycles. The molecule has 7 nitrogen and oxygen atoms in total. The molecule has 0 aliphatic rings. The number of aromatic nitrogens is 2. The van der Waals surface area contributed by atoms with Crippen LogP contribution in [0.3, 0.4) is 0 Å². The van der Waals surface area contributed by atoms with Crippen molar-refractivity contribution >= 4 is 12.0 Å². The Labute approximate surface area is 131 Å². The lowest BCUT2D eigenvalue weighted by Gasteiger charge is -2.19. The van der Waals surface area contributed by atoms with Crippen LogP contribution in [-0.4, -0.2) is 41.4 Å². The molecule has 0 fully saturated rings. The Morgan fingerprint density at radius 2 is 2.00 bits per heavy atom. The van der Waals surface area contributed by atoms with Crippen molar-refractivity contribution in [3.8, 4) is 5.88 Å². The zero-order chi connectivity index (χ0) is 16.6. The Morgan fingerprint density at radius 1 is 1.27 bits per heavy atom.